The van der Waals surface area contributed by atoms with Crippen LogP contribution in [0.1, 0.15) is 25.7 Å². The molecule has 0 aromatic rings. The first-order valence-electron chi connectivity index (χ1n) is 4.66. The van der Waals surface area contributed by atoms with Crippen molar-refractivity contribution in [3.05, 3.63) is 0 Å². The zero-order chi connectivity index (χ0) is 9.68. The zero-order valence-electron chi connectivity index (χ0n) is 7.70. The molecule has 4 nitrogen and oxygen atoms in total. The lowest BCUT2D eigenvalue weighted by Gasteiger charge is -2.34. The van der Waals surface area contributed by atoms with Crippen LogP contribution in [0.4, 0.5) is 0 Å². The highest BCUT2D eigenvalue weighted by Crippen LogP contribution is 2.16. The molecule has 1 atom stereocenters. The summed E-state index contributed by atoms with van der Waals surface area (Å²) in [6.45, 7) is 1.28. The molecule has 4 heteroatoms. The van der Waals surface area contributed by atoms with Gasteiger partial charge in [0.15, 0.2) is 0 Å². The van der Waals surface area contributed by atoms with E-state index in [2.05, 4.69) is 0 Å². The molecule has 0 spiro atoms. The molecule has 1 heterocycles. The van der Waals surface area contributed by atoms with E-state index in [1.807, 2.05) is 6.07 Å². The molecule has 1 aliphatic rings. The van der Waals surface area contributed by atoms with E-state index in [1.54, 1.807) is 4.90 Å². The van der Waals surface area contributed by atoms with Crippen molar-refractivity contribution in [2.45, 2.75) is 31.7 Å². The van der Waals surface area contributed by atoms with E-state index in [-0.39, 0.29) is 18.4 Å². The molecule has 13 heavy (non-hydrogen) atoms. The van der Waals surface area contributed by atoms with Crippen molar-refractivity contribution in [3.63, 3.8) is 0 Å². The Bertz CT molecular complexity index is 221. The molecule has 1 rings (SSSR count). The average Bonchev–Trinajstić information content (AvgIpc) is 2.18. The van der Waals surface area contributed by atoms with Crippen molar-refractivity contribution in [3.8, 4) is 6.07 Å². The van der Waals surface area contributed by atoms with Crippen LogP contribution in [0.5, 0.6) is 0 Å². The van der Waals surface area contributed by atoms with Crippen LogP contribution in [-0.4, -0.2) is 29.9 Å². The summed E-state index contributed by atoms with van der Waals surface area (Å²) < 4.78 is 0. The van der Waals surface area contributed by atoms with Gasteiger partial charge in [0.2, 0.25) is 5.91 Å². The normalized spacial score (nSPS) is 22.5. The summed E-state index contributed by atoms with van der Waals surface area (Å²) in [5, 5.41) is 8.40. The highest BCUT2D eigenvalue weighted by molar-refractivity contribution is 5.78. The average molecular weight is 181 g/mol. The fourth-order valence-corrected chi connectivity index (χ4v) is 1.74. The lowest BCUT2D eigenvalue weighted by Crippen LogP contribution is -2.47. The fourth-order valence-electron chi connectivity index (χ4n) is 1.74. The minimum Gasteiger partial charge on any atom is -0.338 e. The topological polar surface area (TPSA) is 70.1 Å². The summed E-state index contributed by atoms with van der Waals surface area (Å²) in [5.41, 5.74) is 5.55. The third-order valence-corrected chi connectivity index (χ3v) is 2.45. The summed E-state index contributed by atoms with van der Waals surface area (Å²) in [6.07, 6.45) is 3.13. The number of nitrogens with zero attached hydrogens (tertiary/aromatic N) is 2. The van der Waals surface area contributed by atoms with E-state index >= 15 is 0 Å². The van der Waals surface area contributed by atoms with Crippen molar-refractivity contribution in [2.24, 2.45) is 5.73 Å². The molecular weight excluding hydrogens is 166 g/mol. The van der Waals surface area contributed by atoms with E-state index in [9.17, 15) is 4.79 Å². The molecule has 0 aromatic heterocycles. The van der Waals surface area contributed by atoms with Crippen LogP contribution in [0.25, 0.3) is 0 Å². The van der Waals surface area contributed by atoms with E-state index in [0.29, 0.717) is 6.54 Å². The van der Waals surface area contributed by atoms with Crippen LogP contribution in [0.15, 0.2) is 0 Å². The number of likely N-dealkylation sites (tertiary alicyclic amines) is 1. The molecule has 1 amide bonds. The maximum absolute atomic E-state index is 11.4. The lowest BCUT2D eigenvalue weighted by molar-refractivity contribution is -0.133. The predicted molar refractivity (Wildman–Crippen MR) is 48.6 cm³/mol. The molecule has 72 valence electrons. The van der Waals surface area contributed by atoms with Gasteiger partial charge in [-0.3, -0.25) is 4.79 Å². The van der Waals surface area contributed by atoms with Crippen molar-refractivity contribution < 1.29 is 4.79 Å². The van der Waals surface area contributed by atoms with Crippen LogP contribution < -0.4 is 5.73 Å². The van der Waals surface area contributed by atoms with Crippen LogP contribution in [0, 0.1) is 11.3 Å². The first-order chi connectivity index (χ1) is 6.29. The van der Waals surface area contributed by atoms with E-state index in [4.69, 9.17) is 11.0 Å². The molecule has 1 unspecified atom stereocenters. The van der Waals surface area contributed by atoms with Crippen molar-refractivity contribution in [2.75, 3.05) is 13.1 Å². The monoisotopic (exact) mass is 181 g/mol. The molecule has 1 saturated heterocycles. The Kier molecular flexibility index (Phi) is 3.71. The van der Waals surface area contributed by atoms with Gasteiger partial charge in [0, 0.05) is 19.1 Å². The third kappa shape index (κ3) is 2.43. The largest absolute Gasteiger partial charge is 0.338 e. The summed E-state index contributed by atoms with van der Waals surface area (Å²) in [4.78, 5) is 13.2. The highest BCUT2D eigenvalue weighted by atomic mass is 16.2. The Balaban J connectivity index is 2.54. The molecule has 0 aliphatic carbocycles. The molecule has 0 bridgehead atoms. The number of rotatable bonds is 2. The van der Waals surface area contributed by atoms with Crippen molar-refractivity contribution in [1.29, 1.82) is 5.26 Å². The van der Waals surface area contributed by atoms with E-state index in [0.717, 1.165) is 25.8 Å². The first-order valence-corrected chi connectivity index (χ1v) is 4.66. The number of carbonyl (C=O) groups excluding carboxylic acids is 1. The third-order valence-electron chi connectivity index (χ3n) is 2.45. The zero-order valence-corrected chi connectivity index (χ0v) is 7.70. The smallest absolute Gasteiger partial charge is 0.237 e. The second-order valence-electron chi connectivity index (χ2n) is 3.31. The molecule has 0 saturated carbocycles. The number of carbonyl (C=O) groups is 1. The van der Waals surface area contributed by atoms with Gasteiger partial charge in [-0.25, -0.2) is 0 Å². The van der Waals surface area contributed by atoms with Crippen LogP contribution in [0.3, 0.4) is 0 Å². The van der Waals surface area contributed by atoms with Gasteiger partial charge in [-0.1, -0.05) is 0 Å². The Labute approximate surface area is 78.3 Å². The number of hydrogen-bond acceptors (Lipinski definition) is 3. The minimum absolute atomic E-state index is 0.0174. The number of piperidine rings is 1. The summed E-state index contributed by atoms with van der Waals surface area (Å²) in [7, 11) is 0. The van der Waals surface area contributed by atoms with Crippen LogP contribution in [-0.2, 0) is 4.79 Å². The quantitative estimate of drug-likeness (QED) is 0.663. The molecule has 0 radical (unpaired) electrons. The second-order valence-corrected chi connectivity index (χ2v) is 3.31. The maximum atomic E-state index is 11.4. The molecule has 1 aliphatic heterocycles. The minimum atomic E-state index is -0.0716. The standard InChI is InChI=1S/C9H15N3O/c10-5-4-9(13)12-6-2-1-3-8(12)7-11/h8H,1-4,6-7,11H2. The SMILES string of the molecule is N#CCC(=O)N1CCCCC1CN. The van der Waals surface area contributed by atoms with E-state index in [1.165, 1.54) is 0 Å². The Morgan fingerprint density at radius 1 is 1.62 bits per heavy atom. The molecule has 0 aromatic carbocycles. The highest BCUT2D eigenvalue weighted by Gasteiger charge is 2.24. The Hall–Kier alpha value is -1.08. The number of nitrogens with two attached hydrogens (primary N) is 1. The summed E-state index contributed by atoms with van der Waals surface area (Å²) in [5.74, 6) is -0.0716. The summed E-state index contributed by atoms with van der Waals surface area (Å²) in [6, 6.07) is 2.04. The molecule has 1 fully saturated rings. The van der Waals surface area contributed by atoms with Gasteiger partial charge >= 0.3 is 0 Å². The fraction of sp³-hybridized carbons (Fsp3) is 0.778. The molecule has 2 N–H and O–H groups in total. The van der Waals surface area contributed by atoms with Crippen LogP contribution in [0.2, 0.25) is 0 Å². The molecular formula is C9H15N3O. The second kappa shape index (κ2) is 4.83. The maximum Gasteiger partial charge on any atom is 0.237 e. The Morgan fingerprint density at radius 3 is 3.00 bits per heavy atom. The number of hydrogen-bond donors (Lipinski definition) is 1. The van der Waals surface area contributed by atoms with Gasteiger partial charge in [0.25, 0.3) is 0 Å². The van der Waals surface area contributed by atoms with Gasteiger partial charge in [-0.15, -0.1) is 0 Å². The lowest BCUT2D eigenvalue weighted by atomic mass is 10.0. The summed E-state index contributed by atoms with van der Waals surface area (Å²) >= 11 is 0. The van der Waals surface area contributed by atoms with Gasteiger partial charge in [-0.2, -0.15) is 5.26 Å². The first kappa shape index (κ1) is 10.0. The van der Waals surface area contributed by atoms with E-state index < -0.39 is 0 Å². The Morgan fingerprint density at radius 2 is 2.38 bits per heavy atom. The van der Waals surface area contributed by atoms with Gasteiger partial charge in [0.1, 0.15) is 6.42 Å². The van der Waals surface area contributed by atoms with Gasteiger partial charge in [0.05, 0.1) is 6.07 Å². The van der Waals surface area contributed by atoms with Gasteiger partial charge < -0.3 is 10.6 Å². The van der Waals surface area contributed by atoms with Crippen molar-refractivity contribution >= 4 is 5.91 Å². The number of amides is 1. The predicted octanol–water partition coefficient (Wildman–Crippen LogP) is 0.240. The number of nitriles is 1. The van der Waals surface area contributed by atoms with Crippen LogP contribution >= 0.6 is 0 Å². The van der Waals surface area contributed by atoms with Crippen molar-refractivity contribution in [1.82, 2.24) is 4.90 Å². The van der Waals surface area contributed by atoms with Gasteiger partial charge in [-0.05, 0) is 19.3 Å².